The minimum atomic E-state index is -0.0103. The van der Waals surface area contributed by atoms with E-state index in [-0.39, 0.29) is 18.1 Å². The number of rotatable bonds is 4. The second kappa shape index (κ2) is 6.45. The van der Waals surface area contributed by atoms with Gasteiger partial charge in [0.15, 0.2) is 0 Å². The average Bonchev–Trinajstić information content (AvgIpc) is 2.90. The maximum absolute atomic E-state index is 12.1. The van der Waals surface area contributed by atoms with Gasteiger partial charge in [0.1, 0.15) is 12.0 Å². The zero-order chi connectivity index (χ0) is 14.7. The first kappa shape index (κ1) is 14.4. The Morgan fingerprint density at radius 2 is 2.14 bits per heavy atom. The normalized spacial score (nSPS) is 26.6. The summed E-state index contributed by atoms with van der Waals surface area (Å²) in [5.74, 6) is 0.927. The van der Waals surface area contributed by atoms with Crippen molar-refractivity contribution < 1.29 is 14.3 Å². The second-order valence-electron chi connectivity index (χ2n) is 5.70. The van der Waals surface area contributed by atoms with E-state index in [2.05, 4.69) is 5.43 Å². The molecule has 2 aliphatic heterocycles. The van der Waals surface area contributed by atoms with E-state index in [4.69, 9.17) is 9.47 Å². The number of hydrogen-bond acceptors (Lipinski definition) is 4. The summed E-state index contributed by atoms with van der Waals surface area (Å²) in [7, 11) is 1.65. The lowest BCUT2D eigenvalue weighted by atomic mass is 9.99. The fourth-order valence-electron chi connectivity index (χ4n) is 2.96. The Bertz CT molecular complexity index is 483. The molecule has 2 heterocycles. The lowest BCUT2D eigenvalue weighted by molar-refractivity contribution is -0.130. The van der Waals surface area contributed by atoms with Crippen molar-refractivity contribution in [3.8, 4) is 5.75 Å². The van der Waals surface area contributed by atoms with Crippen molar-refractivity contribution in [2.45, 2.75) is 31.9 Å². The number of hydrogen-bond donors (Lipinski definition) is 1. The van der Waals surface area contributed by atoms with E-state index in [0.29, 0.717) is 0 Å². The maximum atomic E-state index is 12.1. The van der Waals surface area contributed by atoms with Gasteiger partial charge in [-0.15, -0.1) is 0 Å². The summed E-state index contributed by atoms with van der Waals surface area (Å²) in [4.78, 5) is 12.1. The number of carbonyl (C=O) groups is 1. The predicted octanol–water partition coefficient (Wildman–Crippen LogP) is 1.73. The molecule has 2 atom stereocenters. The van der Waals surface area contributed by atoms with Gasteiger partial charge in [-0.2, -0.15) is 5.01 Å². The van der Waals surface area contributed by atoms with E-state index in [1.807, 2.05) is 29.3 Å². The van der Waals surface area contributed by atoms with Crippen molar-refractivity contribution >= 4 is 5.91 Å². The SMILES string of the molecule is COc1ccc(CC2CN(C3CCCCO3)NC2=O)cc1. The van der Waals surface area contributed by atoms with Gasteiger partial charge in [0.25, 0.3) is 0 Å². The molecule has 2 saturated heterocycles. The number of ether oxygens (including phenoxy) is 2. The van der Waals surface area contributed by atoms with Crippen LogP contribution in [0.15, 0.2) is 24.3 Å². The van der Waals surface area contributed by atoms with Crippen molar-refractivity contribution in [3.05, 3.63) is 29.8 Å². The largest absolute Gasteiger partial charge is 0.497 e. The molecule has 3 rings (SSSR count). The average molecular weight is 290 g/mol. The van der Waals surface area contributed by atoms with Crippen LogP contribution in [0.25, 0.3) is 0 Å². The molecule has 2 fully saturated rings. The second-order valence-corrected chi connectivity index (χ2v) is 5.70. The van der Waals surface area contributed by atoms with Gasteiger partial charge in [-0.05, 0) is 43.4 Å². The third-order valence-corrected chi connectivity index (χ3v) is 4.19. The summed E-state index contributed by atoms with van der Waals surface area (Å²) in [6.07, 6.45) is 4.08. The standard InChI is InChI=1S/C16H22N2O3/c1-20-14-7-5-12(6-8-14)10-13-11-18(17-16(13)19)15-4-2-3-9-21-15/h5-8,13,15H,2-4,9-11H2,1H3,(H,17,19). The number of benzene rings is 1. The van der Waals surface area contributed by atoms with Gasteiger partial charge >= 0.3 is 0 Å². The molecule has 2 aliphatic rings. The number of carbonyl (C=O) groups excluding carboxylic acids is 1. The minimum Gasteiger partial charge on any atom is -0.497 e. The Kier molecular flexibility index (Phi) is 4.41. The first-order valence-electron chi connectivity index (χ1n) is 7.58. The molecule has 0 bridgehead atoms. The van der Waals surface area contributed by atoms with Crippen LogP contribution < -0.4 is 10.2 Å². The van der Waals surface area contributed by atoms with Crippen LogP contribution in [0.2, 0.25) is 0 Å². The summed E-state index contributed by atoms with van der Waals surface area (Å²) in [5.41, 5.74) is 4.12. The Labute approximate surface area is 125 Å². The van der Waals surface area contributed by atoms with Gasteiger partial charge in [-0.25, -0.2) is 0 Å². The highest BCUT2D eigenvalue weighted by Crippen LogP contribution is 2.22. The van der Waals surface area contributed by atoms with Crippen LogP contribution in [0, 0.1) is 5.92 Å². The zero-order valence-corrected chi connectivity index (χ0v) is 12.4. The number of methoxy groups -OCH3 is 1. The topological polar surface area (TPSA) is 50.8 Å². The molecular formula is C16H22N2O3. The van der Waals surface area contributed by atoms with E-state index < -0.39 is 0 Å². The third kappa shape index (κ3) is 3.36. The molecule has 21 heavy (non-hydrogen) atoms. The van der Waals surface area contributed by atoms with Crippen LogP contribution in [-0.4, -0.2) is 37.4 Å². The first-order chi connectivity index (χ1) is 10.3. The minimum absolute atomic E-state index is 0.0103. The van der Waals surface area contributed by atoms with Gasteiger partial charge in [0.05, 0.1) is 13.0 Å². The molecule has 0 aliphatic carbocycles. The fourth-order valence-corrected chi connectivity index (χ4v) is 2.96. The van der Waals surface area contributed by atoms with E-state index in [9.17, 15) is 4.79 Å². The molecule has 5 nitrogen and oxygen atoms in total. The Morgan fingerprint density at radius 1 is 1.33 bits per heavy atom. The van der Waals surface area contributed by atoms with Crippen molar-refractivity contribution in [1.82, 2.24) is 10.4 Å². The highest BCUT2D eigenvalue weighted by atomic mass is 16.5. The Balaban J connectivity index is 1.59. The predicted molar refractivity (Wildman–Crippen MR) is 78.6 cm³/mol. The van der Waals surface area contributed by atoms with Crippen LogP contribution in [-0.2, 0) is 16.0 Å². The van der Waals surface area contributed by atoms with Crippen molar-refractivity contribution in [1.29, 1.82) is 0 Å². The quantitative estimate of drug-likeness (QED) is 0.917. The number of nitrogens with zero attached hydrogens (tertiary/aromatic N) is 1. The molecule has 0 saturated carbocycles. The molecule has 0 aromatic heterocycles. The lowest BCUT2D eigenvalue weighted by Gasteiger charge is -2.30. The summed E-state index contributed by atoms with van der Waals surface area (Å²) in [6, 6.07) is 7.91. The first-order valence-corrected chi connectivity index (χ1v) is 7.58. The van der Waals surface area contributed by atoms with E-state index in [1.54, 1.807) is 7.11 Å². The maximum Gasteiger partial charge on any atom is 0.239 e. The molecule has 1 amide bonds. The van der Waals surface area contributed by atoms with Crippen molar-refractivity contribution in [2.75, 3.05) is 20.3 Å². The van der Waals surface area contributed by atoms with E-state index in [0.717, 1.165) is 43.7 Å². The van der Waals surface area contributed by atoms with Crippen LogP contribution in [0.1, 0.15) is 24.8 Å². The van der Waals surface area contributed by atoms with Crippen LogP contribution in [0.4, 0.5) is 0 Å². The molecule has 1 aromatic carbocycles. The number of amides is 1. The summed E-state index contributed by atoms with van der Waals surface area (Å²) in [6.45, 7) is 1.51. The lowest BCUT2D eigenvalue weighted by Crippen LogP contribution is -2.44. The molecule has 0 spiro atoms. The molecule has 1 aromatic rings. The highest BCUT2D eigenvalue weighted by Gasteiger charge is 2.35. The van der Waals surface area contributed by atoms with Gasteiger partial charge in [-0.3, -0.25) is 10.2 Å². The number of hydrazine groups is 1. The zero-order valence-electron chi connectivity index (χ0n) is 12.4. The van der Waals surface area contributed by atoms with Gasteiger partial charge in [0, 0.05) is 13.2 Å². The summed E-state index contributed by atoms with van der Waals surface area (Å²) >= 11 is 0. The molecule has 114 valence electrons. The highest BCUT2D eigenvalue weighted by molar-refractivity contribution is 5.80. The van der Waals surface area contributed by atoms with E-state index in [1.165, 1.54) is 6.42 Å². The molecule has 2 unspecified atom stereocenters. The molecule has 5 heteroatoms. The van der Waals surface area contributed by atoms with Crippen LogP contribution >= 0.6 is 0 Å². The van der Waals surface area contributed by atoms with Crippen LogP contribution in [0.5, 0.6) is 5.75 Å². The van der Waals surface area contributed by atoms with Gasteiger partial charge < -0.3 is 9.47 Å². The molecule has 0 radical (unpaired) electrons. The van der Waals surface area contributed by atoms with Crippen molar-refractivity contribution in [2.24, 2.45) is 5.92 Å². The monoisotopic (exact) mass is 290 g/mol. The van der Waals surface area contributed by atoms with Crippen molar-refractivity contribution in [3.63, 3.8) is 0 Å². The molecular weight excluding hydrogens is 268 g/mol. The van der Waals surface area contributed by atoms with Crippen LogP contribution in [0.3, 0.4) is 0 Å². The van der Waals surface area contributed by atoms with Gasteiger partial charge in [0.2, 0.25) is 5.91 Å². The van der Waals surface area contributed by atoms with Gasteiger partial charge in [-0.1, -0.05) is 12.1 Å². The third-order valence-electron chi connectivity index (χ3n) is 4.19. The Morgan fingerprint density at radius 3 is 2.81 bits per heavy atom. The Hall–Kier alpha value is -1.59. The summed E-state index contributed by atoms with van der Waals surface area (Å²) in [5, 5.41) is 1.97. The summed E-state index contributed by atoms with van der Waals surface area (Å²) < 4.78 is 10.9. The number of nitrogens with one attached hydrogen (secondary N) is 1. The van der Waals surface area contributed by atoms with E-state index >= 15 is 0 Å². The fraction of sp³-hybridized carbons (Fsp3) is 0.562. The smallest absolute Gasteiger partial charge is 0.239 e. The molecule has 1 N–H and O–H groups in total.